The summed E-state index contributed by atoms with van der Waals surface area (Å²) in [5.41, 5.74) is -0.0466. The zero-order valence-electron chi connectivity index (χ0n) is 12.4. The zero-order chi connectivity index (χ0) is 18.2. The van der Waals surface area contributed by atoms with Crippen molar-refractivity contribution in [3.05, 3.63) is 58.6 Å². The molecule has 0 atom stereocenters. The first-order valence-corrected chi connectivity index (χ1v) is 9.06. The molecule has 2 N–H and O–H groups in total. The molecule has 6 nitrogen and oxygen atoms in total. The Bertz CT molecular complexity index is 1110. The Morgan fingerprint density at radius 3 is 2.32 bits per heavy atom. The number of phenolic OH excluding ortho intramolecular Hbond substituents is 1. The molecule has 9 heteroatoms. The van der Waals surface area contributed by atoms with Crippen LogP contribution in [0.25, 0.3) is 10.8 Å². The molecule has 0 unspecified atom stereocenters. The molecular formula is C16H10Cl2N2O4S. The summed E-state index contributed by atoms with van der Waals surface area (Å²) in [7, 11) is -4.59. The summed E-state index contributed by atoms with van der Waals surface area (Å²) in [6.45, 7) is 0. The third kappa shape index (κ3) is 3.59. The molecule has 0 aromatic heterocycles. The van der Waals surface area contributed by atoms with Crippen molar-refractivity contribution in [1.82, 2.24) is 0 Å². The number of azo groups is 1. The molecular weight excluding hydrogens is 387 g/mol. The Morgan fingerprint density at radius 2 is 1.60 bits per heavy atom. The van der Waals surface area contributed by atoms with Crippen LogP contribution in [0.15, 0.2) is 63.7 Å². The van der Waals surface area contributed by atoms with Crippen molar-refractivity contribution in [3.63, 3.8) is 0 Å². The summed E-state index contributed by atoms with van der Waals surface area (Å²) in [6, 6.07) is 12.5. The number of aromatic hydroxyl groups is 1. The summed E-state index contributed by atoms with van der Waals surface area (Å²) in [6.07, 6.45) is 0. The van der Waals surface area contributed by atoms with Crippen molar-refractivity contribution in [1.29, 1.82) is 0 Å². The van der Waals surface area contributed by atoms with Crippen LogP contribution < -0.4 is 0 Å². The van der Waals surface area contributed by atoms with E-state index in [1.807, 2.05) is 12.1 Å². The Balaban J connectivity index is 2.19. The van der Waals surface area contributed by atoms with E-state index in [9.17, 15) is 18.1 Å². The van der Waals surface area contributed by atoms with Crippen LogP contribution in [-0.2, 0) is 10.1 Å². The van der Waals surface area contributed by atoms with Gasteiger partial charge < -0.3 is 5.11 Å². The number of hydrogen-bond donors (Lipinski definition) is 2. The Morgan fingerprint density at radius 1 is 0.920 bits per heavy atom. The highest BCUT2D eigenvalue weighted by atomic mass is 35.5. The smallest absolute Gasteiger partial charge is 0.296 e. The fourth-order valence-electron chi connectivity index (χ4n) is 2.26. The van der Waals surface area contributed by atoms with Crippen molar-refractivity contribution in [3.8, 4) is 5.75 Å². The first-order valence-electron chi connectivity index (χ1n) is 6.86. The topological polar surface area (TPSA) is 99.3 Å². The Hall–Kier alpha value is -2.19. The lowest BCUT2D eigenvalue weighted by molar-refractivity contribution is 0.477. The SMILES string of the molecule is O=S(=O)(O)c1cc(Cl)c(Cl)cc1N=Nc1c(O)ccc2ccccc12. The van der Waals surface area contributed by atoms with Gasteiger partial charge >= 0.3 is 0 Å². The van der Waals surface area contributed by atoms with E-state index in [-0.39, 0.29) is 27.2 Å². The standard InChI is InChI=1S/C16H10Cl2N2O4S/c17-11-7-13(15(8-12(11)18)25(22,23)24)19-20-16-10-4-2-1-3-9(10)5-6-14(16)21/h1-8,21H,(H,22,23,24). The zero-order valence-corrected chi connectivity index (χ0v) is 14.7. The minimum Gasteiger partial charge on any atom is -0.506 e. The van der Waals surface area contributed by atoms with Crippen molar-refractivity contribution in [2.45, 2.75) is 4.90 Å². The van der Waals surface area contributed by atoms with E-state index in [0.717, 1.165) is 11.5 Å². The minimum atomic E-state index is -4.59. The van der Waals surface area contributed by atoms with E-state index in [2.05, 4.69) is 10.2 Å². The van der Waals surface area contributed by atoms with Crippen LogP contribution in [0.4, 0.5) is 11.4 Å². The van der Waals surface area contributed by atoms with Gasteiger partial charge in [0.05, 0.1) is 10.0 Å². The normalized spacial score (nSPS) is 12.1. The molecule has 0 bridgehead atoms. The van der Waals surface area contributed by atoms with Crippen LogP contribution in [0.5, 0.6) is 5.75 Å². The van der Waals surface area contributed by atoms with Crippen LogP contribution >= 0.6 is 23.2 Å². The molecule has 0 saturated heterocycles. The molecule has 0 amide bonds. The van der Waals surface area contributed by atoms with Crippen molar-refractivity contribution in [2.75, 3.05) is 0 Å². The summed E-state index contributed by atoms with van der Waals surface area (Å²) in [5.74, 6) is -0.129. The van der Waals surface area contributed by atoms with Gasteiger partial charge in [-0.1, -0.05) is 53.5 Å². The Kier molecular flexibility index (Phi) is 4.66. The fraction of sp³-hybridized carbons (Fsp3) is 0. The molecule has 25 heavy (non-hydrogen) atoms. The number of fused-ring (bicyclic) bond motifs is 1. The molecule has 0 heterocycles. The van der Waals surface area contributed by atoms with Gasteiger partial charge in [0.25, 0.3) is 10.1 Å². The van der Waals surface area contributed by atoms with Gasteiger partial charge in [0.15, 0.2) is 0 Å². The number of benzene rings is 3. The van der Waals surface area contributed by atoms with E-state index in [0.29, 0.717) is 5.39 Å². The second-order valence-electron chi connectivity index (χ2n) is 5.06. The third-order valence-electron chi connectivity index (χ3n) is 3.42. The molecule has 0 radical (unpaired) electrons. The quantitative estimate of drug-likeness (QED) is 0.449. The van der Waals surface area contributed by atoms with E-state index in [1.165, 1.54) is 12.1 Å². The second kappa shape index (κ2) is 6.61. The number of phenols is 1. The first-order chi connectivity index (χ1) is 11.8. The third-order valence-corrected chi connectivity index (χ3v) is 5.02. The molecule has 128 valence electrons. The predicted molar refractivity (Wildman–Crippen MR) is 96.1 cm³/mol. The highest BCUT2D eigenvalue weighted by molar-refractivity contribution is 7.86. The Labute approximate surface area is 153 Å². The van der Waals surface area contributed by atoms with Gasteiger partial charge in [-0.25, -0.2) is 0 Å². The van der Waals surface area contributed by atoms with Gasteiger partial charge in [-0.15, -0.1) is 10.2 Å². The average molecular weight is 397 g/mol. The van der Waals surface area contributed by atoms with Gasteiger partial charge in [-0.3, -0.25) is 4.55 Å². The van der Waals surface area contributed by atoms with Crippen LogP contribution in [0.2, 0.25) is 10.0 Å². The van der Waals surface area contributed by atoms with Gasteiger partial charge in [-0.05, 0) is 23.6 Å². The van der Waals surface area contributed by atoms with E-state index >= 15 is 0 Å². The molecule has 0 spiro atoms. The number of halogens is 2. The molecule has 0 aliphatic heterocycles. The van der Waals surface area contributed by atoms with Gasteiger partial charge in [0.2, 0.25) is 0 Å². The van der Waals surface area contributed by atoms with Crippen LogP contribution in [-0.4, -0.2) is 18.1 Å². The number of hydrogen-bond acceptors (Lipinski definition) is 5. The largest absolute Gasteiger partial charge is 0.506 e. The second-order valence-corrected chi connectivity index (χ2v) is 7.27. The summed E-state index contributed by atoms with van der Waals surface area (Å²) in [4.78, 5) is -0.537. The maximum absolute atomic E-state index is 11.5. The molecule has 0 aliphatic rings. The number of rotatable bonds is 3. The van der Waals surface area contributed by atoms with Crippen molar-refractivity contribution < 1.29 is 18.1 Å². The van der Waals surface area contributed by atoms with Gasteiger partial charge in [0, 0.05) is 5.39 Å². The molecule has 3 aromatic carbocycles. The van der Waals surface area contributed by atoms with E-state index in [4.69, 9.17) is 23.2 Å². The molecule has 3 aromatic rings. The highest BCUT2D eigenvalue weighted by Crippen LogP contribution is 2.38. The highest BCUT2D eigenvalue weighted by Gasteiger charge is 2.18. The molecule has 0 aliphatic carbocycles. The molecule has 3 rings (SSSR count). The van der Waals surface area contributed by atoms with E-state index in [1.54, 1.807) is 18.2 Å². The van der Waals surface area contributed by atoms with Gasteiger partial charge in [-0.2, -0.15) is 8.42 Å². The molecule has 0 saturated carbocycles. The van der Waals surface area contributed by atoms with Crippen LogP contribution in [0, 0.1) is 0 Å². The summed E-state index contributed by atoms with van der Waals surface area (Å²) in [5, 5.41) is 19.3. The van der Waals surface area contributed by atoms with Crippen molar-refractivity contribution >= 4 is 55.5 Å². The first kappa shape index (κ1) is 17.6. The van der Waals surface area contributed by atoms with Gasteiger partial charge in [0.1, 0.15) is 22.0 Å². The summed E-state index contributed by atoms with van der Waals surface area (Å²) >= 11 is 11.7. The lowest BCUT2D eigenvalue weighted by Gasteiger charge is -2.06. The maximum atomic E-state index is 11.5. The molecule has 0 fully saturated rings. The lowest BCUT2D eigenvalue weighted by atomic mass is 10.1. The maximum Gasteiger partial charge on any atom is 0.296 e. The van der Waals surface area contributed by atoms with Crippen molar-refractivity contribution in [2.24, 2.45) is 10.2 Å². The van der Waals surface area contributed by atoms with Crippen LogP contribution in [0.3, 0.4) is 0 Å². The monoisotopic (exact) mass is 396 g/mol. The fourth-order valence-corrected chi connectivity index (χ4v) is 3.27. The van der Waals surface area contributed by atoms with Crippen LogP contribution in [0.1, 0.15) is 0 Å². The summed E-state index contributed by atoms with van der Waals surface area (Å²) < 4.78 is 32.3. The average Bonchev–Trinajstić information content (AvgIpc) is 2.55. The predicted octanol–water partition coefficient (Wildman–Crippen LogP) is 5.51. The minimum absolute atomic E-state index is 0.0464. The lowest BCUT2D eigenvalue weighted by Crippen LogP contribution is -1.98. The number of nitrogens with zero attached hydrogens (tertiary/aromatic N) is 2. The van der Waals surface area contributed by atoms with E-state index < -0.39 is 15.0 Å².